The lowest BCUT2D eigenvalue weighted by atomic mass is 10.1. The Kier molecular flexibility index (Phi) is 6.47. The first-order valence-corrected chi connectivity index (χ1v) is 9.85. The minimum atomic E-state index is -0.00270. The second kappa shape index (κ2) is 9.02. The zero-order chi connectivity index (χ0) is 20.1. The van der Waals surface area contributed by atoms with Crippen molar-refractivity contribution in [2.45, 2.75) is 27.2 Å². The Morgan fingerprint density at radius 2 is 1.46 bits per heavy atom. The average Bonchev–Trinajstić information content (AvgIpc) is 2.67. The van der Waals surface area contributed by atoms with Crippen LogP contribution in [0.5, 0.6) is 0 Å². The van der Waals surface area contributed by atoms with Crippen LogP contribution in [-0.2, 0) is 16.0 Å². The minimum absolute atomic E-state index is 0.00270. The van der Waals surface area contributed by atoms with Gasteiger partial charge in [0.1, 0.15) is 0 Å². The molecule has 0 unspecified atom stereocenters. The number of amides is 2. The molecule has 0 saturated carbocycles. The van der Waals surface area contributed by atoms with Crippen LogP contribution in [0.25, 0.3) is 0 Å². The van der Waals surface area contributed by atoms with Gasteiger partial charge in [0.25, 0.3) is 0 Å². The number of piperazine rings is 1. The first-order valence-electron chi connectivity index (χ1n) is 9.85. The van der Waals surface area contributed by atoms with Crippen molar-refractivity contribution in [2.75, 3.05) is 38.0 Å². The number of carbonyl (C=O) groups is 2. The molecule has 5 nitrogen and oxygen atoms in total. The van der Waals surface area contributed by atoms with Gasteiger partial charge >= 0.3 is 0 Å². The van der Waals surface area contributed by atoms with Crippen LogP contribution in [0.1, 0.15) is 22.3 Å². The van der Waals surface area contributed by atoms with Gasteiger partial charge in [0, 0.05) is 31.9 Å². The third-order valence-electron chi connectivity index (χ3n) is 5.44. The van der Waals surface area contributed by atoms with Crippen molar-refractivity contribution in [1.29, 1.82) is 0 Å². The highest BCUT2D eigenvalue weighted by Crippen LogP contribution is 2.19. The highest BCUT2D eigenvalue weighted by molar-refractivity contribution is 5.93. The molecule has 2 amide bonds. The lowest BCUT2D eigenvalue weighted by Gasteiger charge is -2.34. The smallest absolute Gasteiger partial charge is 0.238 e. The molecule has 0 aromatic heterocycles. The molecule has 1 aliphatic rings. The van der Waals surface area contributed by atoms with E-state index in [1.807, 2.05) is 68.1 Å². The fourth-order valence-electron chi connectivity index (χ4n) is 3.63. The summed E-state index contributed by atoms with van der Waals surface area (Å²) in [7, 11) is 0. The van der Waals surface area contributed by atoms with E-state index in [2.05, 4.69) is 10.2 Å². The lowest BCUT2D eigenvalue weighted by molar-refractivity contribution is -0.132. The summed E-state index contributed by atoms with van der Waals surface area (Å²) in [5.41, 5.74) is 5.28. The first kappa shape index (κ1) is 20.1. The second-order valence-electron chi connectivity index (χ2n) is 7.58. The van der Waals surface area contributed by atoms with E-state index in [-0.39, 0.29) is 11.8 Å². The zero-order valence-corrected chi connectivity index (χ0v) is 17.0. The highest BCUT2D eigenvalue weighted by Gasteiger charge is 2.23. The van der Waals surface area contributed by atoms with Crippen LogP contribution in [0.15, 0.2) is 42.5 Å². The number of aryl methyl sites for hydroxylation is 3. The Hall–Kier alpha value is -2.66. The van der Waals surface area contributed by atoms with Gasteiger partial charge in [-0.1, -0.05) is 42.5 Å². The summed E-state index contributed by atoms with van der Waals surface area (Å²) in [6.45, 7) is 9.17. The number of benzene rings is 2. The summed E-state index contributed by atoms with van der Waals surface area (Å²) in [5, 5.41) is 3.04. The third kappa shape index (κ3) is 4.98. The molecule has 0 bridgehead atoms. The van der Waals surface area contributed by atoms with Crippen LogP contribution < -0.4 is 5.32 Å². The molecule has 28 heavy (non-hydrogen) atoms. The average molecular weight is 380 g/mol. The lowest BCUT2D eigenvalue weighted by Crippen LogP contribution is -2.50. The van der Waals surface area contributed by atoms with Crippen molar-refractivity contribution in [3.63, 3.8) is 0 Å². The van der Waals surface area contributed by atoms with Gasteiger partial charge in [0.2, 0.25) is 11.8 Å². The number of carbonyl (C=O) groups excluding carboxylic acids is 2. The van der Waals surface area contributed by atoms with Crippen molar-refractivity contribution < 1.29 is 9.59 Å². The maximum atomic E-state index is 12.6. The summed E-state index contributed by atoms with van der Waals surface area (Å²) in [6.07, 6.45) is 0.444. The van der Waals surface area contributed by atoms with Gasteiger partial charge in [-0.3, -0.25) is 14.5 Å². The zero-order valence-electron chi connectivity index (χ0n) is 17.0. The van der Waals surface area contributed by atoms with Gasteiger partial charge in [-0.2, -0.15) is 0 Å². The van der Waals surface area contributed by atoms with Gasteiger partial charge in [-0.25, -0.2) is 0 Å². The standard InChI is InChI=1S/C23H29N3O2/c1-17-7-4-5-10-20(17)15-22(28)26-13-11-25(12-14-26)16-21(27)24-23-18(2)8-6-9-19(23)3/h4-10H,11-16H2,1-3H3,(H,24,27). The number of rotatable bonds is 5. The second-order valence-corrected chi connectivity index (χ2v) is 7.58. The Balaban J connectivity index is 1.48. The monoisotopic (exact) mass is 379 g/mol. The maximum Gasteiger partial charge on any atom is 0.238 e. The van der Waals surface area contributed by atoms with E-state index < -0.39 is 0 Å². The normalized spacial score (nSPS) is 14.8. The third-order valence-corrected chi connectivity index (χ3v) is 5.44. The van der Waals surface area contributed by atoms with Crippen molar-refractivity contribution in [3.8, 4) is 0 Å². The highest BCUT2D eigenvalue weighted by atomic mass is 16.2. The summed E-state index contributed by atoms with van der Waals surface area (Å²) >= 11 is 0. The molecule has 0 aliphatic carbocycles. The molecule has 2 aromatic carbocycles. The predicted molar refractivity (Wildman–Crippen MR) is 112 cm³/mol. The number of nitrogens with zero attached hydrogens (tertiary/aromatic N) is 2. The van der Waals surface area contributed by atoms with Gasteiger partial charge in [-0.15, -0.1) is 0 Å². The molecular formula is C23H29N3O2. The van der Waals surface area contributed by atoms with Crippen LogP contribution >= 0.6 is 0 Å². The molecule has 2 aromatic rings. The topological polar surface area (TPSA) is 52.7 Å². The molecule has 0 atom stereocenters. The Morgan fingerprint density at radius 1 is 0.857 bits per heavy atom. The Morgan fingerprint density at radius 3 is 2.11 bits per heavy atom. The predicted octanol–water partition coefficient (Wildman–Crippen LogP) is 2.94. The minimum Gasteiger partial charge on any atom is -0.340 e. The van der Waals surface area contributed by atoms with Crippen molar-refractivity contribution in [1.82, 2.24) is 9.80 Å². The molecule has 0 spiro atoms. The fourth-order valence-corrected chi connectivity index (χ4v) is 3.63. The SMILES string of the molecule is Cc1ccccc1CC(=O)N1CCN(CC(=O)Nc2c(C)cccc2C)CC1. The summed E-state index contributed by atoms with van der Waals surface area (Å²) in [4.78, 5) is 29.1. The van der Waals surface area contributed by atoms with E-state index in [9.17, 15) is 9.59 Å². The molecule has 1 aliphatic heterocycles. The molecule has 3 rings (SSSR count). The molecule has 0 radical (unpaired) electrons. The summed E-state index contributed by atoms with van der Waals surface area (Å²) < 4.78 is 0. The van der Waals surface area contributed by atoms with Gasteiger partial charge in [-0.05, 0) is 43.0 Å². The number of anilines is 1. The van der Waals surface area contributed by atoms with Gasteiger partial charge in [0.05, 0.1) is 13.0 Å². The van der Waals surface area contributed by atoms with Gasteiger partial charge < -0.3 is 10.2 Å². The van der Waals surface area contributed by atoms with E-state index >= 15 is 0 Å². The van der Waals surface area contributed by atoms with E-state index in [0.29, 0.717) is 26.1 Å². The van der Waals surface area contributed by atoms with Crippen LogP contribution in [0.2, 0.25) is 0 Å². The van der Waals surface area contributed by atoms with Crippen molar-refractivity contribution >= 4 is 17.5 Å². The van der Waals surface area contributed by atoms with Crippen molar-refractivity contribution in [2.24, 2.45) is 0 Å². The maximum absolute atomic E-state index is 12.6. The van der Waals surface area contributed by atoms with Crippen LogP contribution in [-0.4, -0.2) is 54.3 Å². The van der Waals surface area contributed by atoms with Gasteiger partial charge in [0.15, 0.2) is 0 Å². The largest absolute Gasteiger partial charge is 0.340 e. The van der Waals surface area contributed by atoms with E-state index in [1.54, 1.807) is 0 Å². The van der Waals surface area contributed by atoms with Crippen LogP contribution in [0.4, 0.5) is 5.69 Å². The Labute approximate surface area is 167 Å². The van der Waals surface area contributed by atoms with Crippen LogP contribution in [0, 0.1) is 20.8 Å². The van der Waals surface area contributed by atoms with E-state index in [1.165, 1.54) is 0 Å². The number of nitrogens with one attached hydrogen (secondary N) is 1. The molecular weight excluding hydrogens is 350 g/mol. The first-order chi connectivity index (χ1) is 13.4. The Bertz CT molecular complexity index is 834. The molecule has 148 valence electrons. The van der Waals surface area contributed by atoms with E-state index in [0.717, 1.165) is 41.0 Å². The summed E-state index contributed by atoms with van der Waals surface area (Å²) in [5.74, 6) is 0.158. The molecule has 1 saturated heterocycles. The molecule has 5 heteroatoms. The number of para-hydroxylation sites is 1. The van der Waals surface area contributed by atoms with Crippen molar-refractivity contribution in [3.05, 3.63) is 64.7 Å². The van der Waals surface area contributed by atoms with E-state index in [4.69, 9.17) is 0 Å². The summed E-state index contributed by atoms with van der Waals surface area (Å²) in [6, 6.07) is 14.0. The number of hydrogen-bond donors (Lipinski definition) is 1. The number of hydrogen-bond acceptors (Lipinski definition) is 3. The molecule has 1 fully saturated rings. The molecule has 1 N–H and O–H groups in total. The quantitative estimate of drug-likeness (QED) is 0.869. The van der Waals surface area contributed by atoms with Crippen LogP contribution in [0.3, 0.4) is 0 Å². The molecule has 1 heterocycles. The fraction of sp³-hybridized carbons (Fsp3) is 0.391.